The van der Waals surface area contributed by atoms with Crippen LogP contribution in [0.25, 0.3) is 10.9 Å². The van der Waals surface area contributed by atoms with Gasteiger partial charge in [-0.3, -0.25) is 5.10 Å². The van der Waals surface area contributed by atoms with Crippen LogP contribution in [0.2, 0.25) is 0 Å². The summed E-state index contributed by atoms with van der Waals surface area (Å²) in [6, 6.07) is 4.08. The monoisotopic (exact) mass is 631 g/mol. The van der Waals surface area contributed by atoms with Crippen LogP contribution < -0.4 is 19.7 Å². The molecule has 45 heavy (non-hydrogen) atoms. The minimum atomic E-state index is -0.0241. The molecule has 0 atom stereocenters. The minimum Gasteiger partial charge on any atom is -0.489 e. The smallest absolute Gasteiger partial charge is 0.225 e. The summed E-state index contributed by atoms with van der Waals surface area (Å²) in [5.74, 6) is 3.73. The number of ether oxygens (including phenoxy) is 2. The van der Waals surface area contributed by atoms with Crippen molar-refractivity contribution < 1.29 is 9.47 Å². The molecule has 2 aliphatic rings. The van der Waals surface area contributed by atoms with Crippen molar-refractivity contribution in [3.05, 3.63) is 42.1 Å². The first-order valence-corrected chi connectivity index (χ1v) is 16.7. The third-order valence-corrected chi connectivity index (χ3v) is 10.1. The van der Waals surface area contributed by atoms with Gasteiger partial charge in [-0.1, -0.05) is 20.8 Å². The van der Waals surface area contributed by atoms with E-state index in [2.05, 4.69) is 79.1 Å². The molecule has 0 aliphatic carbocycles. The van der Waals surface area contributed by atoms with Crippen molar-refractivity contribution in [2.24, 2.45) is 5.41 Å². The van der Waals surface area contributed by atoms with Gasteiger partial charge >= 0.3 is 0 Å². The van der Waals surface area contributed by atoms with Gasteiger partial charge in [0.15, 0.2) is 5.75 Å². The van der Waals surface area contributed by atoms with Crippen LogP contribution >= 0.6 is 11.8 Å². The molecule has 2 N–H and O–H groups in total. The maximum Gasteiger partial charge on any atom is 0.225 e. The van der Waals surface area contributed by atoms with Crippen molar-refractivity contribution in [2.45, 2.75) is 69.9 Å². The number of rotatable bonds is 9. The number of aromatic nitrogens is 6. The lowest BCUT2D eigenvalue weighted by Crippen LogP contribution is -2.46. The van der Waals surface area contributed by atoms with Gasteiger partial charge in [-0.15, -0.1) is 11.8 Å². The molecule has 4 aromatic rings. The number of anilines is 3. The van der Waals surface area contributed by atoms with E-state index in [1.54, 1.807) is 30.5 Å². The van der Waals surface area contributed by atoms with Gasteiger partial charge < -0.3 is 24.6 Å². The van der Waals surface area contributed by atoms with E-state index in [-0.39, 0.29) is 4.75 Å². The molecule has 0 radical (unpaired) electrons. The molecule has 2 fully saturated rings. The average Bonchev–Trinajstić information content (AvgIpc) is 3.33. The molecule has 12 heteroatoms. The van der Waals surface area contributed by atoms with Crippen molar-refractivity contribution in [3.8, 4) is 11.5 Å². The highest BCUT2D eigenvalue weighted by Crippen LogP contribution is 2.42. The Bertz CT molecular complexity index is 1600. The highest BCUT2D eigenvalue weighted by molar-refractivity contribution is 8.00. The molecule has 240 valence electrons. The highest BCUT2D eigenvalue weighted by atomic mass is 32.2. The SMILES string of the molecule is Cc1n[nH]c(Nc2ncnc3cc(OCCOc4cnc(N5CCC6(CCN(C)CC6)CC5)nc4)c(SC(C)(C)C)cc23)c1C. The fourth-order valence-corrected chi connectivity index (χ4v) is 7.10. The summed E-state index contributed by atoms with van der Waals surface area (Å²) in [6.45, 7) is 15.8. The normalized spacial score (nSPS) is 17.2. The number of fused-ring (bicyclic) bond motifs is 1. The maximum absolute atomic E-state index is 6.28. The van der Waals surface area contributed by atoms with Gasteiger partial charge in [0.1, 0.15) is 36.9 Å². The first kappa shape index (κ1) is 31.3. The zero-order chi connectivity index (χ0) is 31.6. The number of H-pyrrole nitrogens is 1. The van der Waals surface area contributed by atoms with Crippen molar-refractivity contribution in [1.29, 1.82) is 0 Å². The van der Waals surface area contributed by atoms with Crippen molar-refractivity contribution in [1.82, 2.24) is 35.0 Å². The summed E-state index contributed by atoms with van der Waals surface area (Å²) < 4.78 is 12.2. The van der Waals surface area contributed by atoms with Gasteiger partial charge in [0.2, 0.25) is 5.95 Å². The predicted molar refractivity (Wildman–Crippen MR) is 180 cm³/mol. The van der Waals surface area contributed by atoms with Gasteiger partial charge in [0.25, 0.3) is 0 Å². The minimum absolute atomic E-state index is 0.0241. The summed E-state index contributed by atoms with van der Waals surface area (Å²) in [4.78, 5) is 24.1. The number of nitrogens with one attached hydrogen (secondary N) is 2. The number of aryl methyl sites for hydroxylation is 1. The molecule has 0 bridgehead atoms. The number of nitrogens with zero attached hydrogens (tertiary/aromatic N) is 7. The van der Waals surface area contributed by atoms with E-state index in [1.807, 2.05) is 19.9 Å². The second-order valence-electron chi connectivity index (χ2n) is 13.4. The fourth-order valence-electron chi connectivity index (χ4n) is 6.05. The van der Waals surface area contributed by atoms with E-state index in [9.17, 15) is 0 Å². The molecular formula is C33H45N9O2S. The van der Waals surface area contributed by atoms with Gasteiger partial charge in [-0.05, 0) is 71.1 Å². The highest BCUT2D eigenvalue weighted by Gasteiger charge is 2.37. The predicted octanol–water partition coefficient (Wildman–Crippen LogP) is 6.16. The Balaban J connectivity index is 1.07. The molecule has 0 saturated carbocycles. The summed E-state index contributed by atoms with van der Waals surface area (Å²) >= 11 is 1.75. The van der Waals surface area contributed by atoms with Gasteiger partial charge in [0, 0.05) is 34.9 Å². The van der Waals surface area contributed by atoms with Crippen molar-refractivity contribution in [3.63, 3.8) is 0 Å². The molecule has 3 aromatic heterocycles. The van der Waals surface area contributed by atoms with Crippen LogP contribution in [0.15, 0.2) is 35.7 Å². The number of piperidine rings is 2. The molecule has 2 saturated heterocycles. The maximum atomic E-state index is 6.28. The Morgan fingerprint density at radius 1 is 0.933 bits per heavy atom. The average molecular weight is 632 g/mol. The lowest BCUT2D eigenvalue weighted by atomic mass is 9.71. The van der Waals surface area contributed by atoms with E-state index in [1.165, 1.54) is 38.8 Å². The Morgan fingerprint density at radius 2 is 1.62 bits per heavy atom. The lowest BCUT2D eigenvalue weighted by Gasteiger charge is -2.46. The van der Waals surface area contributed by atoms with Crippen LogP contribution in [0.1, 0.15) is 57.7 Å². The van der Waals surface area contributed by atoms with Crippen molar-refractivity contribution >= 4 is 40.2 Å². The molecule has 0 unspecified atom stereocenters. The number of hydrogen-bond donors (Lipinski definition) is 2. The Morgan fingerprint density at radius 3 is 2.29 bits per heavy atom. The van der Waals surface area contributed by atoms with E-state index in [0.717, 1.165) is 57.7 Å². The second kappa shape index (κ2) is 13.0. The number of aromatic amines is 1. The summed E-state index contributed by atoms with van der Waals surface area (Å²) in [5, 5.41) is 11.7. The Labute approximate surface area is 269 Å². The van der Waals surface area contributed by atoms with Crippen LogP contribution in [0.4, 0.5) is 17.6 Å². The first-order valence-electron chi connectivity index (χ1n) is 15.9. The fraction of sp³-hybridized carbons (Fsp3) is 0.545. The molecule has 1 aromatic carbocycles. The first-order chi connectivity index (χ1) is 21.6. The number of thioether (sulfide) groups is 1. The number of hydrogen-bond acceptors (Lipinski definition) is 11. The van der Waals surface area contributed by atoms with Gasteiger partial charge in [-0.25, -0.2) is 19.9 Å². The molecule has 11 nitrogen and oxygen atoms in total. The van der Waals surface area contributed by atoms with Crippen LogP contribution in [-0.2, 0) is 0 Å². The molecule has 2 aliphatic heterocycles. The van der Waals surface area contributed by atoms with Crippen LogP contribution in [-0.4, -0.2) is 86.2 Å². The Hall–Kier alpha value is -3.64. The summed E-state index contributed by atoms with van der Waals surface area (Å²) in [5.41, 5.74) is 3.30. The largest absolute Gasteiger partial charge is 0.489 e. The van der Waals surface area contributed by atoms with Crippen LogP contribution in [0.3, 0.4) is 0 Å². The molecule has 5 heterocycles. The standard InChI is InChI=1S/C33H45N9O2S/c1-22-23(2)39-40-29(22)38-30-25-17-28(45-32(3,4)5)27(18-26(25)36-21-37-30)44-16-15-43-24-19-34-31(35-20-24)42-13-9-33(10-14-42)7-11-41(6)12-8-33/h17-21H,7-16H2,1-6H3,(H2,36,37,38,39,40). The lowest BCUT2D eigenvalue weighted by molar-refractivity contribution is 0.0941. The van der Waals surface area contributed by atoms with E-state index < -0.39 is 0 Å². The number of benzene rings is 1. The second-order valence-corrected chi connectivity index (χ2v) is 15.3. The summed E-state index contributed by atoms with van der Waals surface area (Å²) in [6.07, 6.45) is 10.2. The van der Waals surface area contributed by atoms with E-state index in [0.29, 0.717) is 30.2 Å². The van der Waals surface area contributed by atoms with E-state index in [4.69, 9.17) is 9.47 Å². The molecule has 0 amide bonds. The zero-order valence-electron chi connectivity index (χ0n) is 27.3. The molecule has 1 spiro atoms. The van der Waals surface area contributed by atoms with Crippen molar-refractivity contribution in [2.75, 3.05) is 56.7 Å². The molecular weight excluding hydrogens is 586 g/mol. The number of likely N-dealkylation sites (tertiary alicyclic amines) is 1. The zero-order valence-corrected chi connectivity index (χ0v) is 28.1. The summed E-state index contributed by atoms with van der Waals surface area (Å²) in [7, 11) is 2.23. The van der Waals surface area contributed by atoms with Gasteiger partial charge in [0.05, 0.1) is 28.5 Å². The topological polar surface area (TPSA) is 117 Å². The third kappa shape index (κ3) is 7.44. The molecule has 6 rings (SSSR count). The van der Waals surface area contributed by atoms with Gasteiger partial charge in [-0.2, -0.15) is 5.10 Å². The Kier molecular flexibility index (Phi) is 9.05. The third-order valence-electron chi connectivity index (χ3n) is 8.99. The van der Waals surface area contributed by atoms with Crippen LogP contribution in [0, 0.1) is 19.3 Å². The quantitative estimate of drug-likeness (QED) is 0.163. The van der Waals surface area contributed by atoms with E-state index >= 15 is 0 Å². The van der Waals surface area contributed by atoms with Crippen LogP contribution in [0.5, 0.6) is 11.5 Å².